The Kier molecular flexibility index (Phi) is 7.34. The van der Waals surface area contributed by atoms with Gasteiger partial charge in [-0.1, -0.05) is 164 Å². The molecule has 0 aliphatic carbocycles. The van der Waals surface area contributed by atoms with Crippen LogP contribution in [0.5, 0.6) is 0 Å². The van der Waals surface area contributed by atoms with Crippen LogP contribution in [0.1, 0.15) is 0 Å². The Morgan fingerprint density at radius 2 is 0.796 bits per heavy atom. The SMILES string of the molecule is c1ccc(-c2ccc(-c3nc(-c4ccccc4)nc(-c4cccc(-c5ccc(-c6ccccc6)c6c5sc5ccccc56)c4)n3)cc2)cc1. The summed E-state index contributed by atoms with van der Waals surface area (Å²) in [7, 11) is 0. The van der Waals surface area contributed by atoms with E-state index in [1.54, 1.807) is 0 Å². The first-order valence-electron chi connectivity index (χ1n) is 16.4. The molecule has 9 aromatic rings. The van der Waals surface area contributed by atoms with Crippen LogP contribution in [0.3, 0.4) is 0 Å². The number of hydrogen-bond donors (Lipinski definition) is 0. The van der Waals surface area contributed by atoms with Crippen LogP contribution in [0, 0.1) is 0 Å². The smallest absolute Gasteiger partial charge is 0.164 e. The van der Waals surface area contributed by atoms with Gasteiger partial charge in [0.1, 0.15) is 0 Å². The minimum absolute atomic E-state index is 0.645. The van der Waals surface area contributed by atoms with Gasteiger partial charge < -0.3 is 0 Å². The molecule has 3 nitrogen and oxygen atoms in total. The molecule has 0 saturated carbocycles. The second kappa shape index (κ2) is 12.4. The van der Waals surface area contributed by atoms with E-state index in [-0.39, 0.29) is 0 Å². The van der Waals surface area contributed by atoms with Gasteiger partial charge in [0.2, 0.25) is 0 Å². The van der Waals surface area contributed by atoms with Gasteiger partial charge in [0.05, 0.1) is 0 Å². The molecular formula is C45H29N3S. The van der Waals surface area contributed by atoms with Gasteiger partial charge >= 0.3 is 0 Å². The molecule has 0 fully saturated rings. The predicted octanol–water partition coefficient (Wildman–Crippen LogP) is 12.2. The fourth-order valence-corrected chi connectivity index (χ4v) is 7.80. The molecule has 0 aliphatic rings. The molecule has 2 heterocycles. The molecule has 0 N–H and O–H groups in total. The van der Waals surface area contributed by atoms with Crippen molar-refractivity contribution >= 4 is 31.5 Å². The molecule has 0 unspecified atom stereocenters. The lowest BCUT2D eigenvalue weighted by molar-refractivity contribution is 1.07. The van der Waals surface area contributed by atoms with Crippen molar-refractivity contribution in [1.82, 2.24) is 15.0 Å². The van der Waals surface area contributed by atoms with E-state index in [2.05, 4.69) is 140 Å². The Hall–Kier alpha value is -6.23. The van der Waals surface area contributed by atoms with Gasteiger partial charge in [-0.05, 0) is 45.5 Å². The van der Waals surface area contributed by atoms with Gasteiger partial charge in [0.15, 0.2) is 17.5 Å². The van der Waals surface area contributed by atoms with Gasteiger partial charge in [-0.2, -0.15) is 0 Å². The summed E-state index contributed by atoms with van der Waals surface area (Å²) in [6.07, 6.45) is 0. The highest BCUT2D eigenvalue weighted by atomic mass is 32.1. The minimum Gasteiger partial charge on any atom is -0.208 e. The first-order valence-corrected chi connectivity index (χ1v) is 17.2. The lowest BCUT2D eigenvalue weighted by Gasteiger charge is -2.12. The molecule has 4 heteroatoms. The molecule has 7 aromatic carbocycles. The van der Waals surface area contributed by atoms with E-state index in [4.69, 9.17) is 15.0 Å². The number of nitrogens with zero attached hydrogens (tertiary/aromatic N) is 3. The second-order valence-corrected chi connectivity index (χ2v) is 13.1. The first-order chi connectivity index (χ1) is 24.3. The van der Waals surface area contributed by atoms with Crippen LogP contribution in [0.25, 0.3) is 87.7 Å². The monoisotopic (exact) mass is 643 g/mol. The van der Waals surface area contributed by atoms with Crippen LogP contribution in [0.15, 0.2) is 176 Å². The van der Waals surface area contributed by atoms with Crippen LogP contribution in [-0.4, -0.2) is 15.0 Å². The highest BCUT2D eigenvalue weighted by Gasteiger charge is 2.17. The quantitative estimate of drug-likeness (QED) is 0.181. The normalized spacial score (nSPS) is 11.3. The van der Waals surface area contributed by atoms with Crippen LogP contribution in [-0.2, 0) is 0 Å². The predicted molar refractivity (Wildman–Crippen MR) is 205 cm³/mol. The summed E-state index contributed by atoms with van der Waals surface area (Å²) < 4.78 is 2.56. The molecule has 230 valence electrons. The fraction of sp³-hybridized carbons (Fsp3) is 0. The fourth-order valence-electron chi connectivity index (χ4n) is 6.53. The summed E-state index contributed by atoms with van der Waals surface area (Å²) >= 11 is 1.85. The van der Waals surface area contributed by atoms with Crippen LogP contribution < -0.4 is 0 Å². The van der Waals surface area contributed by atoms with Crippen molar-refractivity contribution in [2.24, 2.45) is 0 Å². The third kappa shape index (κ3) is 5.48. The van der Waals surface area contributed by atoms with E-state index in [1.807, 2.05) is 47.7 Å². The number of rotatable bonds is 6. The topological polar surface area (TPSA) is 38.7 Å². The molecule has 49 heavy (non-hydrogen) atoms. The Labute approximate surface area is 288 Å². The van der Waals surface area contributed by atoms with E-state index in [1.165, 1.54) is 42.4 Å². The average Bonchev–Trinajstić information content (AvgIpc) is 3.58. The van der Waals surface area contributed by atoms with Crippen LogP contribution in [0.2, 0.25) is 0 Å². The average molecular weight is 644 g/mol. The molecule has 0 bridgehead atoms. The number of aromatic nitrogens is 3. The zero-order valence-electron chi connectivity index (χ0n) is 26.5. The van der Waals surface area contributed by atoms with Crippen molar-refractivity contribution in [1.29, 1.82) is 0 Å². The highest BCUT2D eigenvalue weighted by Crippen LogP contribution is 2.45. The van der Waals surface area contributed by atoms with E-state index >= 15 is 0 Å². The molecule has 0 amide bonds. The lowest BCUT2D eigenvalue weighted by Crippen LogP contribution is -2.00. The van der Waals surface area contributed by atoms with Crippen molar-refractivity contribution < 1.29 is 0 Å². The van der Waals surface area contributed by atoms with Crippen molar-refractivity contribution in [3.05, 3.63) is 176 Å². The summed E-state index contributed by atoms with van der Waals surface area (Å²) in [5.74, 6) is 1.94. The Morgan fingerprint density at radius 3 is 1.49 bits per heavy atom. The molecule has 0 radical (unpaired) electrons. The third-order valence-corrected chi connectivity index (χ3v) is 10.2. The Bertz CT molecular complexity index is 2580. The van der Waals surface area contributed by atoms with Gasteiger partial charge in [-0.3, -0.25) is 0 Å². The van der Waals surface area contributed by atoms with Gasteiger partial charge in [0.25, 0.3) is 0 Å². The summed E-state index contributed by atoms with van der Waals surface area (Å²) in [5, 5.41) is 2.58. The van der Waals surface area contributed by atoms with Gasteiger partial charge in [-0.25, -0.2) is 15.0 Å². The van der Waals surface area contributed by atoms with Crippen molar-refractivity contribution in [3.8, 4) is 67.5 Å². The molecule has 9 rings (SSSR count). The van der Waals surface area contributed by atoms with Crippen molar-refractivity contribution in [2.45, 2.75) is 0 Å². The largest absolute Gasteiger partial charge is 0.208 e. The second-order valence-electron chi connectivity index (χ2n) is 12.0. The van der Waals surface area contributed by atoms with Gasteiger partial charge in [-0.15, -0.1) is 11.3 Å². The molecule has 0 saturated heterocycles. The number of fused-ring (bicyclic) bond motifs is 3. The zero-order chi connectivity index (χ0) is 32.6. The molecule has 0 spiro atoms. The maximum absolute atomic E-state index is 5.07. The van der Waals surface area contributed by atoms with Crippen molar-refractivity contribution in [3.63, 3.8) is 0 Å². The zero-order valence-corrected chi connectivity index (χ0v) is 27.3. The Balaban J connectivity index is 1.18. The third-order valence-electron chi connectivity index (χ3n) is 8.96. The maximum Gasteiger partial charge on any atom is 0.164 e. The molecule has 0 aliphatic heterocycles. The lowest BCUT2D eigenvalue weighted by atomic mass is 9.94. The van der Waals surface area contributed by atoms with E-state index < -0.39 is 0 Å². The van der Waals surface area contributed by atoms with E-state index in [0.717, 1.165) is 27.8 Å². The van der Waals surface area contributed by atoms with Gasteiger partial charge in [0, 0.05) is 36.9 Å². The standard InChI is InChI=1S/C45H29N3S/c1-4-13-30(14-5-1)31-23-25-34(26-24-31)44-46-43(33-17-8-3-9-18-33)47-45(48-44)36-20-12-19-35(29-36)38-28-27-37(32-15-6-2-7-16-32)41-39-21-10-11-22-40(39)49-42(38)41/h1-29H. The van der Waals surface area contributed by atoms with E-state index in [9.17, 15) is 0 Å². The first kappa shape index (κ1) is 29.0. The summed E-state index contributed by atoms with van der Waals surface area (Å²) in [4.78, 5) is 15.1. The summed E-state index contributed by atoms with van der Waals surface area (Å²) in [6, 6.07) is 61.5. The van der Waals surface area contributed by atoms with Crippen LogP contribution >= 0.6 is 11.3 Å². The summed E-state index contributed by atoms with van der Waals surface area (Å²) in [6.45, 7) is 0. The van der Waals surface area contributed by atoms with E-state index in [0.29, 0.717) is 17.5 Å². The number of benzene rings is 7. The van der Waals surface area contributed by atoms with Crippen molar-refractivity contribution in [2.75, 3.05) is 0 Å². The highest BCUT2D eigenvalue weighted by molar-refractivity contribution is 7.26. The minimum atomic E-state index is 0.645. The summed E-state index contributed by atoms with van der Waals surface area (Å²) in [5.41, 5.74) is 9.97. The Morgan fingerprint density at radius 1 is 0.327 bits per heavy atom. The molecule has 2 aromatic heterocycles. The van der Waals surface area contributed by atoms with Crippen LogP contribution in [0.4, 0.5) is 0 Å². The number of hydrogen-bond acceptors (Lipinski definition) is 4. The molecular weight excluding hydrogens is 615 g/mol. The number of thiophene rings is 1. The maximum atomic E-state index is 5.07. The molecule has 0 atom stereocenters.